The predicted molar refractivity (Wildman–Crippen MR) is 114 cm³/mol. The van der Waals surface area contributed by atoms with Crippen molar-refractivity contribution in [3.8, 4) is 0 Å². The van der Waals surface area contributed by atoms with Gasteiger partial charge >= 0.3 is 0 Å². The van der Waals surface area contributed by atoms with Gasteiger partial charge in [-0.25, -0.2) is 0 Å². The SMILES string of the molecule is CC[C@@H]1CCC2C3C1C(C)CCC3[C@@H](C)C1C(C(C)C)C(CO)C[C@@H](C)C21. The summed E-state index contributed by atoms with van der Waals surface area (Å²) in [4.78, 5) is 0. The standard InChI is InChI=1S/C26H46O/c1-7-18-9-11-21-24-16(5)12-19(13-27)22(14(2)3)25(24)17(6)20-10-8-15(4)23(18)26(20)21/h14-27H,7-13H2,1-6H3/t15?,16-,17-,18-,19?,20?,21?,22?,23?,24?,25?,26?/m1/s1. The summed E-state index contributed by atoms with van der Waals surface area (Å²) in [5.41, 5.74) is 0. The average Bonchev–Trinajstić information content (AvgIpc) is 2.65. The second-order valence-corrected chi connectivity index (χ2v) is 11.8. The zero-order valence-electron chi connectivity index (χ0n) is 18.9. The topological polar surface area (TPSA) is 20.2 Å². The molecule has 1 N–H and O–H groups in total. The molecule has 1 nitrogen and oxygen atoms in total. The lowest BCUT2D eigenvalue weighted by Gasteiger charge is -2.65. The third-order valence-corrected chi connectivity index (χ3v) is 10.5. The highest BCUT2D eigenvalue weighted by Crippen LogP contribution is 2.66. The summed E-state index contributed by atoms with van der Waals surface area (Å²) >= 11 is 0. The highest BCUT2D eigenvalue weighted by molar-refractivity contribution is 5.08. The van der Waals surface area contributed by atoms with Crippen LogP contribution < -0.4 is 0 Å². The maximum absolute atomic E-state index is 10.2. The Hall–Kier alpha value is -0.0400. The molecule has 0 aromatic heterocycles. The molecule has 27 heavy (non-hydrogen) atoms. The Bertz CT molecular complexity index is 512. The van der Waals surface area contributed by atoms with Gasteiger partial charge in [0.25, 0.3) is 0 Å². The van der Waals surface area contributed by atoms with Crippen LogP contribution in [-0.4, -0.2) is 11.7 Å². The minimum atomic E-state index is 0.416. The van der Waals surface area contributed by atoms with E-state index in [2.05, 4.69) is 41.5 Å². The monoisotopic (exact) mass is 374 g/mol. The maximum Gasteiger partial charge on any atom is 0.0462 e. The van der Waals surface area contributed by atoms with Crippen LogP contribution in [-0.2, 0) is 0 Å². The van der Waals surface area contributed by atoms with Crippen molar-refractivity contribution >= 4 is 0 Å². The first-order valence-corrected chi connectivity index (χ1v) is 12.5. The minimum Gasteiger partial charge on any atom is -0.396 e. The molecule has 0 spiro atoms. The smallest absolute Gasteiger partial charge is 0.0462 e. The molecule has 1 heteroatoms. The summed E-state index contributed by atoms with van der Waals surface area (Å²) in [5.74, 6) is 11.4. The van der Waals surface area contributed by atoms with Gasteiger partial charge in [-0.2, -0.15) is 0 Å². The van der Waals surface area contributed by atoms with Crippen LogP contribution in [0.15, 0.2) is 0 Å². The molecule has 4 rings (SSSR count). The molecule has 0 aromatic rings. The van der Waals surface area contributed by atoms with Gasteiger partial charge in [-0.3, -0.25) is 0 Å². The Morgan fingerprint density at radius 3 is 2.11 bits per heavy atom. The third kappa shape index (κ3) is 3.04. The van der Waals surface area contributed by atoms with E-state index in [9.17, 15) is 5.11 Å². The van der Waals surface area contributed by atoms with Crippen LogP contribution in [0.3, 0.4) is 0 Å². The van der Waals surface area contributed by atoms with E-state index < -0.39 is 0 Å². The van der Waals surface area contributed by atoms with E-state index in [1.807, 2.05) is 0 Å². The molecule has 0 aromatic carbocycles. The van der Waals surface area contributed by atoms with Crippen LogP contribution in [0.2, 0.25) is 0 Å². The Kier molecular flexibility index (Phi) is 5.74. The minimum absolute atomic E-state index is 0.416. The summed E-state index contributed by atoms with van der Waals surface area (Å²) in [6, 6.07) is 0. The molecule has 0 radical (unpaired) electrons. The molecule has 0 heterocycles. The Morgan fingerprint density at radius 1 is 0.778 bits per heavy atom. The molecule has 4 aliphatic carbocycles. The fraction of sp³-hybridized carbons (Fsp3) is 1.00. The lowest BCUT2D eigenvalue weighted by atomic mass is 9.39. The lowest BCUT2D eigenvalue weighted by molar-refractivity contribution is -0.178. The molecular formula is C26H46O. The molecule has 156 valence electrons. The average molecular weight is 375 g/mol. The van der Waals surface area contributed by atoms with Crippen LogP contribution in [0.5, 0.6) is 0 Å². The van der Waals surface area contributed by atoms with Crippen molar-refractivity contribution in [2.75, 3.05) is 6.61 Å². The summed E-state index contributed by atoms with van der Waals surface area (Å²) in [5, 5.41) is 10.2. The van der Waals surface area contributed by atoms with E-state index in [4.69, 9.17) is 0 Å². The summed E-state index contributed by atoms with van der Waals surface area (Å²) in [7, 11) is 0. The fourth-order valence-electron chi connectivity index (χ4n) is 9.84. The first-order valence-electron chi connectivity index (χ1n) is 12.5. The van der Waals surface area contributed by atoms with E-state index in [1.165, 1.54) is 38.5 Å². The molecule has 0 bridgehead atoms. The number of hydrogen-bond acceptors (Lipinski definition) is 1. The van der Waals surface area contributed by atoms with E-state index in [0.717, 1.165) is 65.1 Å². The molecule has 0 saturated heterocycles. The van der Waals surface area contributed by atoms with E-state index >= 15 is 0 Å². The Morgan fingerprint density at radius 2 is 1.48 bits per heavy atom. The highest BCUT2D eigenvalue weighted by Gasteiger charge is 2.60. The molecular weight excluding hydrogens is 328 g/mol. The van der Waals surface area contributed by atoms with Crippen molar-refractivity contribution in [1.82, 2.24) is 0 Å². The van der Waals surface area contributed by atoms with Crippen molar-refractivity contribution in [3.63, 3.8) is 0 Å². The van der Waals surface area contributed by atoms with Gasteiger partial charge in [0.15, 0.2) is 0 Å². The van der Waals surface area contributed by atoms with Crippen molar-refractivity contribution in [3.05, 3.63) is 0 Å². The van der Waals surface area contributed by atoms with Crippen molar-refractivity contribution in [2.24, 2.45) is 76.9 Å². The van der Waals surface area contributed by atoms with Crippen molar-refractivity contribution < 1.29 is 5.11 Å². The lowest BCUT2D eigenvalue weighted by Crippen LogP contribution is -2.60. The molecule has 12 atom stereocenters. The molecule has 9 unspecified atom stereocenters. The summed E-state index contributed by atoms with van der Waals surface area (Å²) < 4.78 is 0. The summed E-state index contributed by atoms with van der Waals surface area (Å²) in [6.07, 6.45) is 8.66. The van der Waals surface area contributed by atoms with Crippen LogP contribution in [0.1, 0.15) is 80.1 Å². The number of aliphatic hydroxyl groups is 1. The van der Waals surface area contributed by atoms with Crippen molar-refractivity contribution in [1.29, 1.82) is 0 Å². The second-order valence-electron chi connectivity index (χ2n) is 11.8. The van der Waals surface area contributed by atoms with Gasteiger partial charge in [-0.05, 0) is 103 Å². The molecule has 4 saturated carbocycles. The van der Waals surface area contributed by atoms with Crippen LogP contribution in [0.25, 0.3) is 0 Å². The van der Waals surface area contributed by atoms with Gasteiger partial charge in [0.05, 0.1) is 0 Å². The molecule has 0 amide bonds. The van der Waals surface area contributed by atoms with E-state index in [-0.39, 0.29) is 0 Å². The van der Waals surface area contributed by atoms with Gasteiger partial charge in [0.2, 0.25) is 0 Å². The van der Waals surface area contributed by atoms with E-state index in [1.54, 1.807) is 0 Å². The maximum atomic E-state index is 10.2. The molecule has 4 fully saturated rings. The zero-order valence-corrected chi connectivity index (χ0v) is 18.9. The third-order valence-electron chi connectivity index (χ3n) is 10.5. The van der Waals surface area contributed by atoms with Gasteiger partial charge in [0, 0.05) is 6.61 Å². The normalized spacial score (nSPS) is 55.1. The predicted octanol–water partition coefficient (Wildman–Crippen LogP) is 6.50. The highest BCUT2D eigenvalue weighted by atomic mass is 16.3. The summed E-state index contributed by atoms with van der Waals surface area (Å²) in [6.45, 7) is 15.5. The van der Waals surface area contributed by atoms with Gasteiger partial charge in [-0.1, -0.05) is 54.4 Å². The largest absolute Gasteiger partial charge is 0.396 e. The number of aliphatic hydroxyl groups excluding tert-OH is 1. The van der Waals surface area contributed by atoms with Gasteiger partial charge < -0.3 is 5.11 Å². The first kappa shape index (κ1) is 20.2. The Labute approximate surface area is 169 Å². The molecule has 0 aliphatic heterocycles. The van der Waals surface area contributed by atoms with Gasteiger partial charge in [0.1, 0.15) is 0 Å². The first-order chi connectivity index (χ1) is 12.9. The zero-order chi connectivity index (χ0) is 19.5. The van der Waals surface area contributed by atoms with Gasteiger partial charge in [-0.15, -0.1) is 0 Å². The second kappa shape index (κ2) is 7.66. The number of fused-ring (bicyclic) bond motifs is 2. The quantitative estimate of drug-likeness (QED) is 0.597. The molecule has 4 aliphatic rings. The van der Waals surface area contributed by atoms with Crippen LogP contribution in [0.4, 0.5) is 0 Å². The fourth-order valence-corrected chi connectivity index (χ4v) is 9.84. The van der Waals surface area contributed by atoms with Crippen LogP contribution in [0, 0.1) is 76.9 Å². The van der Waals surface area contributed by atoms with Crippen molar-refractivity contribution in [2.45, 2.75) is 80.1 Å². The number of rotatable bonds is 3. The number of hydrogen-bond donors (Lipinski definition) is 1. The van der Waals surface area contributed by atoms with E-state index in [0.29, 0.717) is 18.4 Å². The Balaban J connectivity index is 1.74. The van der Waals surface area contributed by atoms with Crippen LogP contribution >= 0.6 is 0 Å².